The number of para-hydroxylation sites is 1. The zero-order chi connectivity index (χ0) is 20.6. The smallest absolute Gasteiger partial charge is 0.227 e. The van der Waals surface area contributed by atoms with Crippen LogP contribution in [0.3, 0.4) is 0 Å². The maximum Gasteiger partial charge on any atom is 0.227 e. The Morgan fingerprint density at radius 2 is 1.30 bits per heavy atom. The number of benzene rings is 3. The number of nitrogens with one attached hydrogen (secondary N) is 1. The van der Waals surface area contributed by atoms with Gasteiger partial charge in [-0.2, -0.15) is 0 Å². The van der Waals surface area contributed by atoms with Crippen molar-refractivity contribution < 1.29 is 4.79 Å². The summed E-state index contributed by atoms with van der Waals surface area (Å²) in [5.41, 5.74) is 3.64. The molecule has 1 aliphatic rings. The molecule has 3 aromatic rings. The summed E-state index contributed by atoms with van der Waals surface area (Å²) >= 11 is 0. The van der Waals surface area contributed by atoms with Crippen molar-refractivity contribution in [2.75, 3.05) is 25.0 Å². The Morgan fingerprint density at radius 1 is 0.800 bits per heavy atom. The molecule has 1 amide bonds. The predicted molar refractivity (Wildman–Crippen MR) is 124 cm³/mol. The van der Waals surface area contributed by atoms with Crippen LogP contribution in [-0.2, 0) is 4.79 Å². The summed E-state index contributed by atoms with van der Waals surface area (Å²) in [7, 11) is 0. The number of hydrogen-bond donors (Lipinski definition) is 1. The lowest BCUT2D eigenvalue weighted by Gasteiger charge is -2.32. The van der Waals surface area contributed by atoms with Crippen molar-refractivity contribution in [2.45, 2.75) is 25.2 Å². The van der Waals surface area contributed by atoms with Gasteiger partial charge < -0.3 is 10.2 Å². The standard InChI is InChI=1S/C27H30N2O/c30-27(28-25-14-8-3-9-15-25)24-16-19-29(20-17-24)21-18-26(22-10-4-1-5-11-22)23-12-6-2-7-13-23/h1-15,24,26H,16-21H2,(H,28,30). The first-order chi connectivity index (χ1) is 14.8. The minimum absolute atomic E-state index is 0.112. The van der Waals surface area contributed by atoms with E-state index in [1.807, 2.05) is 30.3 Å². The highest BCUT2D eigenvalue weighted by Gasteiger charge is 2.25. The second kappa shape index (κ2) is 10.2. The van der Waals surface area contributed by atoms with Gasteiger partial charge in [0.25, 0.3) is 0 Å². The molecular formula is C27H30N2O. The summed E-state index contributed by atoms with van der Waals surface area (Å²) in [6.07, 6.45) is 2.95. The van der Waals surface area contributed by atoms with Crippen LogP contribution in [0.15, 0.2) is 91.0 Å². The SMILES string of the molecule is O=C(Nc1ccccc1)C1CCN(CCC(c2ccccc2)c2ccccc2)CC1. The quantitative estimate of drug-likeness (QED) is 0.565. The normalized spacial score (nSPS) is 15.2. The molecule has 0 atom stereocenters. The first-order valence-corrected chi connectivity index (χ1v) is 11.0. The Hall–Kier alpha value is -2.91. The molecule has 3 nitrogen and oxygen atoms in total. The van der Waals surface area contributed by atoms with Crippen LogP contribution in [0, 0.1) is 5.92 Å². The molecule has 0 radical (unpaired) electrons. The van der Waals surface area contributed by atoms with Crippen LogP contribution < -0.4 is 5.32 Å². The van der Waals surface area contributed by atoms with Gasteiger partial charge in [0.15, 0.2) is 0 Å². The van der Waals surface area contributed by atoms with Crippen molar-refractivity contribution in [1.82, 2.24) is 4.90 Å². The van der Waals surface area contributed by atoms with Crippen LogP contribution in [0.2, 0.25) is 0 Å². The summed E-state index contributed by atoms with van der Waals surface area (Å²) in [5.74, 6) is 0.680. The van der Waals surface area contributed by atoms with Crippen LogP contribution in [0.25, 0.3) is 0 Å². The molecule has 0 aliphatic carbocycles. The first-order valence-electron chi connectivity index (χ1n) is 11.0. The molecule has 0 bridgehead atoms. The van der Waals surface area contributed by atoms with Gasteiger partial charge >= 0.3 is 0 Å². The molecular weight excluding hydrogens is 368 g/mol. The fourth-order valence-corrected chi connectivity index (χ4v) is 4.39. The van der Waals surface area contributed by atoms with E-state index in [-0.39, 0.29) is 11.8 Å². The highest BCUT2D eigenvalue weighted by atomic mass is 16.1. The fourth-order valence-electron chi connectivity index (χ4n) is 4.39. The van der Waals surface area contributed by atoms with E-state index >= 15 is 0 Å². The van der Waals surface area contributed by atoms with Gasteiger partial charge in [0.05, 0.1) is 0 Å². The number of rotatable bonds is 7. The highest BCUT2D eigenvalue weighted by Crippen LogP contribution is 2.29. The van der Waals surface area contributed by atoms with E-state index in [1.54, 1.807) is 0 Å². The molecule has 0 spiro atoms. The Labute approximate surface area is 179 Å². The fraction of sp³-hybridized carbons (Fsp3) is 0.296. The highest BCUT2D eigenvalue weighted by molar-refractivity contribution is 5.92. The third kappa shape index (κ3) is 5.37. The largest absolute Gasteiger partial charge is 0.326 e. The molecule has 30 heavy (non-hydrogen) atoms. The van der Waals surface area contributed by atoms with Crippen LogP contribution in [0.1, 0.15) is 36.3 Å². The number of amides is 1. The Morgan fingerprint density at radius 3 is 1.83 bits per heavy atom. The van der Waals surface area contributed by atoms with Gasteiger partial charge in [-0.1, -0.05) is 78.9 Å². The summed E-state index contributed by atoms with van der Waals surface area (Å²) < 4.78 is 0. The number of carbonyl (C=O) groups excluding carboxylic acids is 1. The van der Waals surface area contributed by atoms with E-state index in [0.717, 1.165) is 44.6 Å². The van der Waals surface area contributed by atoms with Gasteiger partial charge in [-0.05, 0) is 62.2 Å². The van der Waals surface area contributed by atoms with Crippen molar-refractivity contribution in [2.24, 2.45) is 5.92 Å². The van der Waals surface area contributed by atoms with E-state index in [2.05, 4.69) is 70.9 Å². The average molecular weight is 399 g/mol. The maximum absolute atomic E-state index is 12.6. The Kier molecular flexibility index (Phi) is 6.94. The lowest BCUT2D eigenvalue weighted by atomic mass is 9.88. The van der Waals surface area contributed by atoms with Crippen LogP contribution in [-0.4, -0.2) is 30.4 Å². The molecule has 0 unspecified atom stereocenters. The van der Waals surface area contributed by atoms with E-state index in [0.29, 0.717) is 5.92 Å². The third-order valence-electron chi connectivity index (χ3n) is 6.14. The van der Waals surface area contributed by atoms with Crippen molar-refractivity contribution in [3.63, 3.8) is 0 Å². The van der Waals surface area contributed by atoms with Crippen molar-refractivity contribution in [3.05, 3.63) is 102 Å². The number of piperidine rings is 1. The van der Waals surface area contributed by atoms with Gasteiger partial charge in [-0.15, -0.1) is 0 Å². The number of likely N-dealkylation sites (tertiary alicyclic amines) is 1. The number of anilines is 1. The molecule has 3 heteroatoms. The second-order valence-corrected chi connectivity index (χ2v) is 8.13. The summed E-state index contributed by atoms with van der Waals surface area (Å²) in [5, 5.41) is 3.06. The van der Waals surface area contributed by atoms with Gasteiger partial charge in [0.2, 0.25) is 5.91 Å². The summed E-state index contributed by atoms with van der Waals surface area (Å²) in [6, 6.07) is 31.4. The predicted octanol–water partition coefficient (Wildman–Crippen LogP) is 5.56. The maximum atomic E-state index is 12.6. The number of hydrogen-bond acceptors (Lipinski definition) is 2. The molecule has 1 N–H and O–H groups in total. The van der Waals surface area contributed by atoms with Crippen LogP contribution >= 0.6 is 0 Å². The Balaban J connectivity index is 1.31. The monoisotopic (exact) mass is 398 g/mol. The molecule has 3 aromatic carbocycles. The van der Waals surface area contributed by atoms with Gasteiger partial charge in [-0.3, -0.25) is 4.79 Å². The van der Waals surface area contributed by atoms with Crippen LogP contribution in [0.4, 0.5) is 5.69 Å². The number of nitrogens with zero attached hydrogens (tertiary/aromatic N) is 1. The van der Waals surface area contributed by atoms with Crippen molar-refractivity contribution in [3.8, 4) is 0 Å². The lowest BCUT2D eigenvalue weighted by Crippen LogP contribution is -2.39. The topological polar surface area (TPSA) is 32.3 Å². The minimum Gasteiger partial charge on any atom is -0.326 e. The third-order valence-corrected chi connectivity index (χ3v) is 6.14. The summed E-state index contributed by atoms with van der Waals surface area (Å²) in [6.45, 7) is 3.04. The molecule has 154 valence electrons. The molecule has 1 aliphatic heterocycles. The molecule has 4 rings (SSSR count). The van der Waals surface area contributed by atoms with E-state index in [9.17, 15) is 4.79 Å². The number of carbonyl (C=O) groups is 1. The molecule has 0 aromatic heterocycles. The summed E-state index contributed by atoms with van der Waals surface area (Å²) in [4.78, 5) is 15.1. The minimum atomic E-state index is 0.112. The van der Waals surface area contributed by atoms with Crippen LogP contribution in [0.5, 0.6) is 0 Å². The van der Waals surface area contributed by atoms with Gasteiger partial charge in [0, 0.05) is 17.5 Å². The zero-order valence-corrected chi connectivity index (χ0v) is 17.4. The molecule has 1 fully saturated rings. The van der Waals surface area contributed by atoms with E-state index < -0.39 is 0 Å². The lowest BCUT2D eigenvalue weighted by molar-refractivity contribution is -0.121. The van der Waals surface area contributed by atoms with Crippen molar-refractivity contribution in [1.29, 1.82) is 0 Å². The first kappa shape index (κ1) is 20.4. The molecule has 1 heterocycles. The molecule has 0 saturated carbocycles. The average Bonchev–Trinajstić information content (AvgIpc) is 2.82. The van der Waals surface area contributed by atoms with E-state index in [1.165, 1.54) is 11.1 Å². The van der Waals surface area contributed by atoms with E-state index in [4.69, 9.17) is 0 Å². The zero-order valence-electron chi connectivity index (χ0n) is 17.4. The van der Waals surface area contributed by atoms with Crippen molar-refractivity contribution >= 4 is 11.6 Å². The molecule has 1 saturated heterocycles. The van der Waals surface area contributed by atoms with Gasteiger partial charge in [-0.25, -0.2) is 0 Å². The second-order valence-electron chi connectivity index (χ2n) is 8.13. The van der Waals surface area contributed by atoms with Gasteiger partial charge in [0.1, 0.15) is 0 Å². The Bertz CT molecular complexity index is 864.